The Bertz CT molecular complexity index is 752. The van der Waals surface area contributed by atoms with Gasteiger partial charge in [0.15, 0.2) is 0 Å². The van der Waals surface area contributed by atoms with Crippen LogP contribution in [0, 0.1) is 0 Å². The van der Waals surface area contributed by atoms with Gasteiger partial charge in [0.2, 0.25) is 15.9 Å². The van der Waals surface area contributed by atoms with E-state index in [9.17, 15) is 13.2 Å². The molecule has 1 aromatic carbocycles. The topological polar surface area (TPSA) is 69.7 Å². The van der Waals surface area contributed by atoms with Crippen molar-refractivity contribution in [2.45, 2.75) is 63.8 Å². The second-order valence-corrected chi connectivity index (χ2v) is 10.3. The number of benzene rings is 1. The molecule has 0 spiro atoms. The van der Waals surface area contributed by atoms with Crippen molar-refractivity contribution in [2.75, 3.05) is 32.7 Å². The summed E-state index contributed by atoms with van der Waals surface area (Å²) in [5, 5.41) is 3.03. The zero-order valence-corrected chi connectivity index (χ0v) is 18.7. The molecule has 0 radical (unpaired) electrons. The summed E-state index contributed by atoms with van der Waals surface area (Å²) in [7, 11) is -3.49. The summed E-state index contributed by atoms with van der Waals surface area (Å²) in [6.45, 7) is 12.5. The van der Waals surface area contributed by atoms with Crippen LogP contribution < -0.4 is 5.32 Å². The number of nitrogens with one attached hydrogen (secondary N) is 1. The van der Waals surface area contributed by atoms with Gasteiger partial charge in [-0.05, 0) is 50.3 Å². The summed E-state index contributed by atoms with van der Waals surface area (Å²) in [4.78, 5) is 14.6. The highest BCUT2D eigenvalue weighted by Gasteiger charge is 2.29. The number of rotatable bonds is 8. The first-order chi connectivity index (χ1) is 13.1. The fourth-order valence-electron chi connectivity index (χ4n) is 3.19. The molecule has 6 nitrogen and oxygen atoms in total. The van der Waals surface area contributed by atoms with Gasteiger partial charge in [0.25, 0.3) is 0 Å². The van der Waals surface area contributed by atoms with Crippen molar-refractivity contribution in [1.82, 2.24) is 14.5 Å². The molecule has 1 aromatic rings. The lowest BCUT2D eigenvalue weighted by atomic mass is 9.99. The largest absolute Gasteiger partial charge is 0.350 e. The first-order valence-corrected chi connectivity index (χ1v) is 11.7. The van der Waals surface area contributed by atoms with Crippen molar-refractivity contribution in [3.8, 4) is 0 Å². The maximum atomic E-state index is 12.9. The van der Waals surface area contributed by atoms with Gasteiger partial charge in [-0.1, -0.05) is 32.9 Å². The molecule has 0 aliphatic carbocycles. The summed E-state index contributed by atoms with van der Waals surface area (Å²) in [6, 6.07) is 7.25. The van der Waals surface area contributed by atoms with E-state index in [0.717, 1.165) is 18.4 Å². The summed E-state index contributed by atoms with van der Waals surface area (Å²) in [6.07, 6.45) is 1.89. The molecule has 1 aliphatic rings. The third kappa shape index (κ3) is 5.78. The molecule has 7 heteroatoms. The highest BCUT2D eigenvalue weighted by Crippen LogP contribution is 2.23. The molecule has 0 bridgehead atoms. The van der Waals surface area contributed by atoms with Crippen molar-refractivity contribution in [1.29, 1.82) is 0 Å². The first kappa shape index (κ1) is 22.8. The van der Waals surface area contributed by atoms with Gasteiger partial charge < -0.3 is 5.32 Å². The Balaban J connectivity index is 1.93. The summed E-state index contributed by atoms with van der Waals surface area (Å²) < 4.78 is 27.4. The Hall–Kier alpha value is -1.44. The lowest BCUT2D eigenvalue weighted by molar-refractivity contribution is -0.124. The molecule has 1 unspecified atom stereocenters. The number of nitrogens with zero attached hydrogens (tertiary/aromatic N) is 2. The molecule has 28 heavy (non-hydrogen) atoms. The fraction of sp³-hybridized carbons (Fsp3) is 0.667. The van der Waals surface area contributed by atoms with Gasteiger partial charge in [0.1, 0.15) is 0 Å². The van der Waals surface area contributed by atoms with Crippen LogP contribution in [0.1, 0.15) is 58.9 Å². The lowest BCUT2D eigenvalue weighted by Gasteiger charge is -2.34. The number of sulfonamides is 1. The van der Waals surface area contributed by atoms with E-state index in [1.54, 1.807) is 12.1 Å². The maximum absolute atomic E-state index is 12.9. The van der Waals surface area contributed by atoms with Crippen LogP contribution in [0.5, 0.6) is 0 Å². The quantitative estimate of drug-likeness (QED) is 0.717. The number of carbonyl (C=O) groups is 1. The van der Waals surface area contributed by atoms with Crippen molar-refractivity contribution in [3.63, 3.8) is 0 Å². The molecule has 1 heterocycles. The van der Waals surface area contributed by atoms with Gasteiger partial charge >= 0.3 is 0 Å². The Kier molecular flexibility index (Phi) is 7.65. The van der Waals surface area contributed by atoms with E-state index in [0.29, 0.717) is 43.5 Å². The van der Waals surface area contributed by atoms with Crippen LogP contribution >= 0.6 is 0 Å². The normalized spacial score (nSPS) is 18.0. The van der Waals surface area contributed by atoms with E-state index in [1.165, 1.54) is 4.31 Å². The van der Waals surface area contributed by atoms with Gasteiger partial charge in [0, 0.05) is 31.7 Å². The first-order valence-electron chi connectivity index (χ1n) is 10.2. The van der Waals surface area contributed by atoms with E-state index in [4.69, 9.17) is 0 Å². The molecule has 1 atom stereocenters. The minimum absolute atomic E-state index is 0.0104. The van der Waals surface area contributed by atoms with Gasteiger partial charge in [0.05, 0.1) is 11.4 Å². The molecule has 1 amide bonds. The maximum Gasteiger partial charge on any atom is 0.243 e. The second-order valence-electron chi connectivity index (χ2n) is 8.34. The summed E-state index contributed by atoms with van der Waals surface area (Å²) in [5.74, 6) is 0.410. The van der Waals surface area contributed by atoms with Crippen LogP contribution in [-0.4, -0.2) is 61.8 Å². The van der Waals surface area contributed by atoms with Gasteiger partial charge in [-0.15, -0.1) is 0 Å². The van der Waals surface area contributed by atoms with Crippen LogP contribution in [0.2, 0.25) is 0 Å². The standard InChI is InChI=1S/C21H35N3O3S/c1-6-17(3)18-8-10-19(11-9-18)28(26,27)24-14-12-23(13-15-24)16-20(25)22-21(4,5)7-2/h8-11,17H,6-7,12-16H2,1-5H3,(H,22,25). The molecule has 1 fully saturated rings. The van der Waals surface area contributed by atoms with E-state index >= 15 is 0 Å². The average Bonchev–Trinajstić information content (AvgIpc) is 2.67. The number of hydrogen-bond donors (Lipinski definition) is 1. The smallest absolute Gasteiger partial charge is 0.243 e. The minimum atomic E-state index is -3.49. The van der Waals surface area contributed by atoms with Crippen molar-refractivity contribution in [3.05, 3.63) is 29.8 Å². The van der Waals surface area contributed by atoms with E-state index in [2.05, 4.69) is 19.2 Å². The third-order valence-electron chi connectivity index (χ3n) is 5.76. The molecular weight excluding hydrogens is 374 g/mol. The summed E-state index contributed by atoms with van der Waals surface area (Å²) in [5.41, 5.74) is 0.941. The van der Waals surface area contributed by atoms with Gasteiger partial charge in [-0.25, -0.2) is 8.42 Å². The minimum Gasteiger partial charge on any atom is -0.350 e. The zero-order valence-electron chi connectivity index (χ0n) is 17.9. The van der Waals surface area contributed by atoms with Crippen LogP contribution in [0.25, 0.3) is 0 Å². The van der Waals surface area contributed by atoms with Crippen molar-refractivity contribution in [2.24, 2.45) is 0 Å². The highest BCUT2D eigenvalue weighted by molar-refractivity contribution is 7.89. The van der Waals surface area contributed by atoms with E-state index in [1.807, 2.05) is 37.8 Å². The predicted octanol–water partition coefficient (Wildman–Crippen LogP) is 2.81. The Morgan fingerprint density at radius 1 is 1.11 bits per heavy atom. The molecular formula is C21H35N3O3S. The van der Waals surface area contributed by atoms with Crippen LogP contribution in [0.3, 0.4) is 0 Å². The monoisotopic (exact) mass is 409 g/mol. The summed E-state index contributed by atoms with van der Waals surface area (Å²) >= 11 is 0. The highest BCUT2D eigenvalue weighted by atomic mass is 32.2. The predicted molar refractivity (Wildman–Crippen MR) is 113 cm³/mol. The molecule has 1 N–H and O–H groups in total. The Labute approximate surface area is 170 Å². The third-order valence-corrected chi connectivity index (χ3v) is 7.67. The zero-order chi connectivity index (χ0) is 20.9. The van der Waals surface area contributed by atoms with Gasteiger partial charge in [-0.3, -0.25) is 9.69 Å². The van der Waals surface area contributed by atoms with E-state index in [-0.39, 0.29) is 11.4 Å². The number of carbonyl (C=O) groups excluding carboxylic acids is 1. The van der Waals surface area contributed by atoms with Crippen LogP contribution in [0.4, 0.5) is 0 Å². The van der Waals surface area contributed by atoms with Gasteiger partial charge in [-0.2, -0.15) is 4.31 Å². The van der Waals surface area contributed by atoms with E-state index < -0.39 is 10.0 Å². The molecule has 158 valence electrons. The number of amides is 1. The molecule has 2 rings (SSSR count). The van der Waals surface area contributed by atoms with Crippen LogP contribution in [0.15, 0.2) is 29.2 Å². The molecule has 0 saturated carbocycles. The average molecular weight is 410 g/mol. The van der Waals surface area contributed by atoms with Crippen molar-refractivity contribution < 1.29 is 13.2 Å². The molecule has 1 saturated heterocycles. The number of piperazine rings is 1. The second kappa shape index (κ2) is 9.37. The fourth-order valence-corrected chi connectivity index (χ4v) is 4.61. The lowest BCUT2D eigenvalue weighted by Crippen LogP contribution is -2.53. The van der Waals surface area contributed by atoms with Crippen molar-refractivity contribution >= 4 is 15.9 Å². The Morgan fingerprint density at radius 3 is 2.18 bits per heavy atom. The number of hydrogen-bond acceptors (Lipinski definition) is 4. The molecule has 0 aromatic heterocycles. The van der Waals surface area contributed by atoms with Crippen LogP contribution in [-0.2, 0) is 14.8 Å². The Morgan fingerprint density at radius 2 is 1.68 bits per heavy atom. The molecule has 1 aliphatic heterocycles. The SMILES string of the molecule is CCC(C)c1ccc(S(=O)(=O)N2CCN(CC(=O)NC(C)(C)CC)CC2)cc1.